The van der Waals surface area contributed by atoms with Gasteiger partial charge in [-0.05, 0) is 26.0 Å². The van der Waals surface area contributed by atoms with Crippen molar-refractivity contribution in [2.24, 2.45) is 0 Å². The number of hydrogen-bond donors (Lipinski definition) is 3. The molecule has 3 rings (SSSR count). The number of aromatic nitrogens is 2. The third-order valence-electron chi connectivity index (χ3n) is 4.87. The Bertz CT molecular complexity index is 1090. The maximum Gasteiger partial charge on any atom is 0.330 e. The first-order valence-corrected chi connectivity index (χ1v) is 11.0. The molecule has 1 saturated heterocycles. The molecule has 13 heteroatoms. The van der Waals surface area contributed by atoms with Gasteiger partial charge in [-0.15, -0.1) is 0 Å². The second-order valence-electron chi connectivity index (χ2n) is 7.23. The first kappa shape index (κ1) is 23.9. The number of aliphatic hydroxyl groups is 1. The highest BCUT2D eigenvalue weighted by Crippen LogP contribution is 2.35. The summed E-state index contributed by atoms with van der Waals surface area (Å²) in [5, 5.41) is 19.6. The highest BCUT2D eigenvalue weighted by molar-refractivity contribution is 7.36. The van der Waals surface area contributed by atoms with Gasteiger partial charge in [0.15, 0.2) is 0 Å². The van der Waals surface area contributed by atoms with Crippen molar-refractivity contribution in [3.63, 3.8) is 0 Å². The van der Waals surface area contributed by atoms with Crippen LogP contribution in [0.5, 0.6) is 5.75 Å². The monoisotopic (exact) mass is 469 g/mol. The van der Waals surface area contributed by atoms with Crippen LogP contribution in [0, 0.1) is 6.92 Å². The largest absolute Gasteiger partial charge is 0.480 e. The van der Waals surface area contributed by atoms with Crippen molar-refractivity contribution in [1.82, 2.24) is 14.4 Å². The van der Waals surface area contributed by atoms with Crippen molar-refractivity contribution in [1.29, 1.82) is 0 Å². The molecule has 1 aliphatic rings. The van der Waals surface area contributed by atoms with E-state index >= 15 is 0 Å². The van der Waals surface area contributed by atoms with E-state index in [0.29, 0.717) is 5.56 Å². The predicted molar refractivity (Wildman–Crippen MR) is 112 cm³/mol. The number of nitrogens with zero attached hydrogens (tertiary/aromatic N) is 2. The molecule has 2 unspecified atom stereocenters. The lowest BCUT2D eigenvalue weighted by Gasteiger charge is -2.25. The number of aliphatic hydroxyl groups excluding tert-OH is 1. The summed E-state index contributed by atoms with van der Waals surface area (Å²) in [5.41, 5.74) is -0.913. The molecule has 0 radical (unpaired) electrons. The Balaban J connectivity index is 1.67. The number of aliphatic carboxylic acids is 1. The molecule has 2 aromatic rings. The van der Waals surface area contributed by atoms with Gasteiger partial charge in [-0.1, -0.05) is 23.0 Å². The Hall–Kier alpha value is -2.76. The van der Waals surface area contributed by atoms with Gasteiger partial charge in [0.05, 0.1) is 12.7 Å². The third-order valence-corrected chi connectivity index (χ3v) is 6.12. The van der Waals surface area contributed by atoms with Crippen molar-refractivity contribution in [2.45, 2.75) is 44.7 Å². The number of para-hydroxylation sites is 1. The maximum atomic E-state index is 12.7. The van der Waals surface area contributed by atoms with Crippen molar-refractivity contribution in [3.8, 4) is 5.75 Å². The Labute approximate surface area is 182 Å². The zero-order valence-electron chi connectivity index (χ0n) is 17.3. The number of H-pyrrole nitrogens is 1. The molecule has 1 fully saturated rings. The van der Waals surface area contributed by atoms with Gasteiger partial charge in [0.25, 0.3) is 13.7 Å². The summed E-state index contributed by atoms with van der Waals surface area (Å²) in [6.45, 7) is 2.48. The standard InChI is InChI=1S/C19H24N3O9P/c1-11-9-21(19(27)20-17(11)24)16-8-14(23)15(30-16)10-29-32(28)22(12(2)18(25)26)31-13-6-4-3-5-7-13/h3-7,9,12,14-16,23,32H,8,10H2,1-2H3,(H,25,26)(H,20,24,27)/t12?,14-,15+,16+/m0/s1. The van der Waals surface area contributed by atoms with Crippen LogP contribution in [0.2, 0.25) is 0 Å². The molecule has 12 nitrogen and oxygen atoms in total. The Morgan fingerprint density at radius 1 is 1.38 bits per heavy atom. The third kappa shape index (κ3) is 5.53. The Morgan fingerprint density at radius 3 is 2.72 bits per heavy atom. The van der Waals surface area contributed by atoms with E-state index in [-0.39, 0.29) is 18.8 Å². The Kier molecular flexibility index (Phi) is 7.64. The van der Waals surface area contributed by atoms with Crippen LogP contribution in [-0.4, -0.2) is 55.4 Å². The molecule has 1 aliphatic heterocycles. The molecule has 0 bridgehead atoms. The van der Waals surface area contributed by atoms with Gasteiger partial charge in [-0.3, -0.25) is 23.7 Å². The highest BCUT2D eigenvalue weighted by atomic mass is 31.1. The van der Waals surface area contributed by atoms with E-state index in [9.17, 15) is 29.2 Å². The quantitative estimate of drug-likeness (QED) is 0.352. The topological polar surface area (TPSA) is 160 Å². The predicted octanol–water partition coefficient (Wildman–Crippen LogP) is 0.669. The number of benzene rings is 1. The summed E-state index contributed by atoms with van der Waals surface area (Å²) in [7, 11) is -3.21. The number of aromatic amines is 1. The summed E-state index contributed by atoms with van der Waals surface area (Å²) >= 11 is 0. The summed E-state index contributed by atoms with van der Waals surface area (Å²) in [6, 6.07) is 6.92. The van der Waals surface area contributed by atoms with E-state index in [1.54, 1.807) is 30.3 Å². The van der Waals surface area contributed by atoms with Gasteiger partial charge in [-0.2, -0.15) is 0 Å². The normalized spacial score (nSPS) is 22.6. The fourth-order valence-corrected chi connectivity index (χ4v) is 4.06. The number of ether oxygens (including phenoxy) is 1. The average Bonchev–Trinajstić information content (AvgIpc) is 3.13. The minimum absolute atomic E-state index is 0.0378. The average molecular weight is 469 g/mol. The van der Waals surface area contributed by atoms with Gasteiger partial charge in [-0.25, -0.2) is 4.79 Å². The number of carbonyl (C=O) groups is 1. The molecule has 0 spiro atoms. The lowest BCUT2D eigenvalue weighted by atomic mass is 10.2. The molecule has 0 aliphatic carbocycles. The lowest BCUT2D eigenvalue weighted by Crippen LogP contribution is -2.37. The second kappa shape index (κ2) is 10.2. The van der Waals surface area contributed by atoms with E-state index in [1.807, 2.05) is 0 Å². The molecule has 32 heavy (non-hydrogen) atoms. The second-order valence-corrected chi connectivity index (χ2v) is 8.49. The number of hydrogen-bond acceptors (Lipinski definition) is 8. The first-order chi connectivity index (χ1) is 15.2. The van der Waals surface area contributed by atoms with Gasteiger partial charge < -0.3 is 24.3 Å². The van der Waals surface area contributed by atoms with Crippen LogP contribution in [0.25, 0.3) is 0 Å². The molecular formula is C19H24N3O9P. The molecule has 1 aromatic heterocycles. The fourth-order valence-electron chi connectivity index (χ4n) is 3.02. The molecular weight excluding hydrogens is 445 g/mol. The molecule has 0 amide bonds. The minimum atomic E-state index is -3.21. The van der Waals surface area contributed by atoms with Crippen LogP contribution < -0.4 is 16.1 Å². The zero-order valence-corrected chi connectivity index (χ0v) is 18.3. The van der Waals surface area contributed by atoms with Crippen LogP contribution in [0.1, 0.15) is 25.1 Å². The summed E-state index contributed by atoms with van der Waals surface area (Å²) in [6.07, 6.45) is -1.48. The van der Waals surface area contributed by atoms with E-state index < -0.39 is 49.9 Å². The molecule has 0 saturated carbocycles. The van der Waals surface area contributed by atoms with Crippen LogP contribution in [0.3, 0.4) is 0 Å². The van der Waals surface area contributed by atoms with E-state index in [2.05, 4.69) is 4.98 Å². The van der Waals surface area contributed by atoms with E-state index in [1.165, 1.54) is 20.0 Å². The van der Waals surface area contributed by atoms with Crippen molar-refractivity contribution >= 4 is 14.1 Å². The molecule has 3 N–H and O–H groups in total. The van der Waals surface area contributed by atoms with Gasteiger partial charge >= 0.3 is 11.7 Å². The minimum Gasteiger partial charge on any atom is -0.480 e. The number of carboxylic acid groups (broad SMARTS) is 1. The highest BCUT2D eigenvalue weighted by Gasteiger charge is 2.37. The summed E-state index contributed by atoms with van der Waals surface area (Å²) < 4.78 is 24.8. The number of nitrogens with one attached hydrogen (secondary N) is 1. The van der Waals surface area contributed by atoms with E-state index in [4.69, 9.17) is 14.1 Å². The summed E-state index contributed by atoms with van der Waals surface area (Å²) in [4.78, 5) is 43.4. The number of hydroxylamine groups is 1. The maximum absolute atomic E-state index is 12.7. The van der Waals surface area contributed by atoms with Crippen molar-refractivity contribution < 1.29 is 33.7 Å². The molecule has 5 atom stereocenters. The number of aryl methyl sites for hydroxylation is 1. The van der Waals surface area contributed by atoms with Crippen LogP contribution >= 0.6 is 8.18 Å². The Morgan fingerprint density at radius 2 is 2.06 bits per heavy atom. The van der Waals surface area contributed by atoms with Gasteiger partial charge in [0.2, 0.25) is 0 Å². The lowest BCUT2D eigenvalue weighted by molar-refractivity contribution is -0.148. The van der Waals surface area contributed by atoms with Crippen LogP contribution in [0.15, 0.2) is 46.1 Å². The SMILES string of the molecule is Cc1cn([C@H]2C[C@H](O)[C@@H](CO[PH](=O)N(Oc3ccccc3)C(C)C(=O)O)O2)c(=O)[nH]c1=O. The van der Waals surface area contributed by atoms with Gasteiger partial charge in [0.1, 0.15) is 24.1 Å². The smallest absolute Gasteiger partial charge is 0.330 e. The summed E-state index contributed by atoms with van der Waals surface area (Å²) in [5.74, 6) is -1.000. The van der Waals surface area contributed by atoms with Crippen molar-refractivity contribution in [3.05, 3.63) is 62.9 Å². The van der Waals surface area contributed by atoms with Crippen LogP contribution in [-0.2, 0) is 18.6 Å². The fraction of sp³-hybridized carbons (Fsp3) is 0.421. The number of rotatable bonds is 9. The van der Waals surface area contributed by atoms with E-state index in [0.717, 1.165) is 9.40 Å². The van der Waals surface area contributed by atoms with Crippen LogP contribution in [0.4, 0.5) is 0 Å². The van der Waals surface area contributed by atoms with Gasteiger partial charge in [0, 0.05) is 18.2 Å². The zero-order chi connectivity index (χ0) is 23.4. The van der Waals surface area contributed by atoms with Crippen molar-refractivity contribution in [2.75, 3.05) is 6.61 Å². The molecule has 2 heterocycles. The molecule has 174 valence electrons. The number of carboxylic acids is 1. The first-order valence-electron chi connectivity index (χ1n) is 9.74. The molecule has 1 aromatic carbocycles.